The number of allylic oxidation sites excluding steroid dienone is 2. The molecule has 0 fully saturated rings. The van der Waals surface area contributed by atoms with Crippen molar-refractivity contribution in [3.8, 4) is 0 Å². The smallest absolute Gasteiger partial charge is 0.0322 e. The van der Waals surface area contributed by atoms with Crippen LogP contribution in [0.2, 0.25) is 0 Å². The first-order valence-corrected chi connectivity index (χ1v) is 4.46. The molecular weight excluding hydrogens is 201 g/mol. The molecule has 7 heavy (non-hydrogen) atoms. The predicted molar refractivity (Wildman–Crippen MR) is 41.5 cm³/mol. The summed E-state index contributed by atoms with van der Waals surface area (Å²) in [5.41, 5.74) is 6.28. The summed E-state index contributed by atoms with van der Waals surface area (Å²) in [6.07, 6.45) is 3.93. The summed E-state index contributed by atoms with van der Waals surface area (Å²) in [7, 11) is 0. The Morgan fingerprint density at radius 3 is 2.71 bits per heavy atom. The topological polar surface area (TPSA) is 26.0 Å². The molecule has 1 nitrogen and oxygen atoms in total. The van der Waals surface area contributed by atoms with Gasteiger partial charge in [-0.25, -0.2) is 0 Å². The lowest BCUT2D eigenvalue weighted by Crippen LogP contribution is -1.92. The van der Waals surface area contributed by atoms with Crippen molar-refractivity contribution in [1.82, 2.24) is 0 Å². The standard InChI is InChI=1S/C5H6IN/c7-5-1-3-6-4-2-5/h1-4H,7H2. The van der Waals surface area contributed by atoms with Crippen LogP contribution in [0.5, 0.6) is 0 Å². The summed E-state index contributed by atoms with van der Waals surface area (Å²) in [4.78, 5) is 0. The zero-order chi connectivity index (χ0) is 5.11. The SMILES string of the molecule is NC1=CC=IC=C1. The van der Waals surface area contributed by atoms with Crippen molar-refractivity contribution in [3.05, 3.63) is 21.9 Å². The molecule has 0 saturated carbocycles. The van der Waals surface area contributed by atoms with Crippen LogP contribution < -0.4 is 5.73 Å². The number of hydrogen-bond acceptors (Lipinski definition) is 1. The molecule has 0 spiro atoms. The molecule has 0 saturated heterocycles. The minimum atomic E-state index is 0.226. The van der Waals surface area contributed by atoms with Gasteiger partial charge in [0.25, 0.3) is 0 Å². The van der Waals surface area contributed by atoms with Crippen LogP contribution in [0.4, 0.5) is 0 Å². The number of halogens is 1. The van der Waals surface area contributed by atoms with Gasteiger partial charge in [-0.1, -0.05) is 20.7 Å². The van der Waals surface area contributed by atoms with Crippen LogP contribution in [0, 0.1) is 0 Å². The normalized spacial score (nSPS) is 18.0. The molecule has 1 rings (SSSR count). The summed E-state index contributed by atoms with van der Waals surface area (Å²) in [6.45, 7) is 0. The van der Waals surface area contributed by atoms with Crippen molar-refractivity contribution in [1.29, 1.82) is 0 Å². The van der Waals surface area contributed by atoms with E-state index in [-0.39, 0.29) is 20.7 Å². The third kappa shape index (κ3) is 1.43. The minimum absolute atomic E-state index is 0.226. The van der Waals surface area contributed by atoms with Crippen LogP contribution >= 0.6 is 20.7 Å². The molecule has 0 bridgehead atoms. The average Bonchev–Trinajstić information content (AvgIpc) is 1.69. The monoisotopic (exact) mass is 207 g/mol. The molecule has 0 aliphatic carbocycles. The maximum absolute atomic E-state index is 5.40. The van der Waals surface area contributed by atoms with E-state index < -0.39 is 0 Å². The van der Waals surface area contributed by atoms with Crippen LogP contribution in [-0.2, 0) is 0 Å². The fourth-order valence-corrected chi connectivity index (χ4v) is 1.80. The van der Waals surface area contributed by atoms with Gasteiger partial charge in [0.15, 0.2) is 0 Å². The average molecular weight is 207 g/mol. The van der Waals surface area contributed by atoms with Gasteiger partial charge in [-0.3, -0.25) is 0 Å². The van der Waals surface area contributed by atoms with Gasteiger partial charge in [0.05, 0.1) is 0 Å². The van der Waals surface area contributed by atoms with E-state index in [9.17, 15) is 0 Å². The quantitative estimate of drug-likeness (QED) is 0.592. The molecule has 1 aliphatic rings. The molecule has 1 aliphatic heterocycles. The minimum Gasteiger partial charge on any atom is -0.399 e. The molecule has 0 aromatic rings. The number of nitrogens with two attached hydrogens (primary N) is 1. The van der Waals surface area contributed by atoms with Crippen LogP contribution in [0.15, 0.2) is 21.9 Å². The summed E-state index contributed by atoms with van der Waals surface area (Å²) >= 11 is 0.226. The molecule has 0 amide bonds. The van der Waals surface area contributed by atoms with Crippen molar-refractivity contribution in [2.24, 2.45) is 5.73 Å². The van der Waals surface area contributed by atoms with E-state index in [2.05, 4.69) is 8.09 Å². The Balaban J connectivity index is 2.82. The van der Waals surface area contributed by atoms with Gasteiger partial charge in [0, 0.05) is 5.70 Å². The highest BCUT2D eigenvalue weighted by atomic mass is 127. The predicted octanol–water partition coefficient (Wildman–Crippen LogP) is 1.13. The molecule has 0 radical (unpaired) electrons. The molecule has 38 valence electrons. The molecule has 0 atom stereocenters. The van der Waals surface area contributed by atoms with Crippen molar-refractivity contribution in [2.75, 3.05) is 0 Å². The Morgan fingerprint density at radius 1 is 1.57 bits per heavy atom. The maximum atomic E-state index is 5.40. The van der Waals surface area contributed by atoms with Gasteiger partial charge in [-0.15, -0.1) is 0 Å². The maximum Gasteiger partial charge on any atom is 0.0322 e. The molecule has 1 heterocycles. The van der Waals surface area contributed by atoms with Gasteiger partial charge in [-0.05, 0) is 20.2 Å². The fourth-order valence-electron chi connectivity index (χ4n) is 0.316. The Bertz CT molecular complexity index is 144. The van der Waals surface area contributed by atoms with Crippen LogP contribution in [0.3, 0.4) is 0 Å². The summed E-state index contributed by atoms with van der Waals surface area (Å²) in [6, 6.07) is 0. The zero-order valence-corrected chi connectivity index (χ0v) is 5.92. The van der Waals surface area contributed by atoms with Crippen LogP contribution in [0.1, 0.15) is 0 Å². The largest absolute Gasteiger partial charge is 0.399 e. The lowest BCUT2D eigenvalue weighted by molar-refractivity contribution is 1.45. The van der Waals surface area contributed by atoms with Crippen molar-refractivity contribution in [3.63, 3.8) is 0 Å². The van der Waals surface area contributed by atoms with E-state index in [0.717, 1.165) is 5.70 Å². The van der Waals surface area contributed by atoms with E-state index in [0.29, 0.717) is 0 Å². The van der Waals surface area contributed by atoms with E-state index in [1.807, 2.05) is 12.2 Å². The van der Waals surface area contributed by atoms with Gasteiger partial charge < -0.3 is 5.73 Å². The third-order valence-corrected chi connectivity index (χ3v) is 2.21. The van der Waals surface area contributed by atoms with E-state index in [1.165, 1.54) is 0 Å². The molecule has 0 aromatic carbocycles. The summed E-state index contributed by atoms with van der Waals surface area (Å²) in [5.74, 6) is 0. The first kappa shape index (κ1) is 5.03. The second-order valence-corrected chi connectivity index (χ2v) is 3.37. The van der Waals surface area contributed by atoms with Crippen LogP contribution in [-0.4, -0.2) is 4.01 Å². The van der Waals surface area contributed by atoms with Gasteiger partial charge in [-0.2, -0.15) is 0 Å². The molecule has 0 aromatic heterocycles. The first-order chi connectivity index (χ1) is 3.39. The number of rotatable bonds is 0. The van der Waals surface area contributed by atoms with Crippen molar-refractivity contribution < 1.29 is 0 Å². The highest BCUT2D eigenvalue weighted by Crippen LogP contribution is 2.04. The van der Waals surface area contributed by atoms with Crippen LogP contribution in [0.25, 0.3) is 0 Å². The Labute approximate surface area is 52.6 Å². The van der Waals surface area contributed by atoms with E-state index in [4.69, 9.17) is 5.73 Å². The first-order valence-electron chi connectivity index (χ1n) is 1.97. The summed E-state index contributed by atoms with van der Waals surface area (Å²) in [5, 5.41) is 0. The Morgan fingerprint density at radius 2 is 2.43 bits per heavy atom. The van der Waals surface area contributed by atoms with Gasteiger partial charge in [0.2, 0.25) is 0 Å². The lowest BCUT2D eigenvalue weighted by atomic mass is 10.4. The van der Waals surface area contributed by atoms with Gasteiger partial charge >= 0.3 is 0 Å². The second kappa shape index (κ2) is 2.26. The highest BCUT2D eigenvalue weighted by Gasteiger charge is 1.79. The highest BCUT2D eigenvalue weighted by molar-refractivity contribution is 14.2. The lowest BCUT2D eigenvalue weighted by Gasteiger charge is -1.89. The van der Waals surface area contributed by atoms with E-state index >= 15 is 0 Å². The number of hydrogen-bond donors (Lipinski definition) is 1. The zero-order valence-electron chi connectivity index (χ0n) is 3.76. The van der Waals surface area contributed by atoms with E-state index in [1.54, 1.807) is 0 Å². The second-order valence-electron chi connectivity index (χ2n) is 1.21. The molecular formula is C5H6IN. The van der Waals surface area contributed by atoms with Crippen molar-refractivity contribution >= 4 is 24.7 Å². The Hall–Kier alpha value is -0.120. The molecule has 2 N–H and O–H groups in total. The third-order valence-electron chi connectivity index (χ3n) is 0.656. The van der Waals surface area contributed by atoms with Crippen molar-refractivity contribution in [2.45, 2.75) is 0 Å². The Kier molecular flexibility index (Phi) is 1.62. The molecule has 0 unspecified atom stereocenters. The summed E-state index contributed by atoms with van der Waals surface area (Å²) < 4.78 is 4.29. The molecule has 2 heteroatoms. The fraction of sp³-hybridized carbons (Fsp3) is 0. The van der Waals surface area contributed by atoms with Gasteiger partial charge in [0.1, 0.15) is 0 Å².